The van der Waals surface area contributed by atoms with Crippen LogP contribution in [0.1, 0.15) is 0 Å². The Morgan fingerprint density at radius 1 is 1.19 bits per heavy atom. The van der Waals surface area contributed by atoms with Crippen LogP contribution in [0.3, 0.4) is 0 Å². The molecule has 1 aromatic carbocycles. The highest BCUT2D eigenvalue weighted by Gasteiger charge is 2.19. The summed E-state index contributed by atoms with van der Waals surface area (Å²) in [5.41, 5.74) is 0.172. The largest absolute Gasteiger partial charge is 0.492 e. The second-order valence-electron chi connectivity index (χ2n) is 3.02. The highest BCUT2D eigenvalue weighted by molar-refractivity contribution is 6.60. The van der Waals surface area contributed by atoms with Gasteiger partial charge >= 0.3 is 7.12 Å². The zero-order valence-corrected chi connectivity index (χ0v) is 10.1. The second kappa shape index (κ2) is 6.32. The number of hydrogen-bond acceptors (Lipinski definition) is 4. The standard InChI is InChI=1S/C9H11BCl2O4/c1-15-2-3-16-9-5-8(12)7(11)4-6(9)10(13)14/h4-5,13-14H,2-3H2,1H3. The van der Waals surface area contributed by atoms with Gasteiger partial charge in [-0.1, -0.05) is 23.2 Å². The summed E-state index contributed by atoms with van der Waals surface area (Å²) < 4.78 is 10.1. The fourth-order valence-corrected chi connectivity index (χ4v) is 1.43. The van der Waals surface area contributed by atoms with Crippen LogP contribution in [0.15, 0.2) is 12.1 Å². The Kier molecular flexibility index (Phi) is 5.38. The Morgan fingerprint density at radius 2 is 1.81 bits per heavy atom. The van der Waals surface area contributed by atoms with Crippen molar-refractivity contribution in [3.63, 3.8) is 0 Å². The molecule has 16 heavy (non-hydrogen) atoms. The number of rotatable bonds is 5. The summed E-state index contributed by atoms with van der Waals surface area (Å²) >= 11 is 11.6. The van der Waals surface area contributed by atoms with Gasteiger partial charge in [-0.15, -0.1) is 0 Å². The first-order valence-electron chi connectivity index (χ1n) is 4.53. The van der Waals surface area contributed by atoms with Crippen molar-refractivity contribution in [1.29, 1.82) is 0 Å². The molecule has 0 bridgehead atoms. The number of methoxy groups -OCH3 is 1. The van der Waals surface area contributed by atoms with Gasteiger partial charge in [0.25, 0.3) is 0 Å². The van der Waals surface area contributed by atoms with Gasteiger partial charge in [-0.2, -0.15) is 0 Å². The van der Waals surface area contributed by atoms with E-state index in [4.69, 9.17) is 42.7 Å². The molecule has 1 rings (SSSR count). The third kappa shape index (κ3) is 3.54. The van der Waals surface area contributed by atoms with Crippen molar-refractivity contribution in [1.82, 2.24) is 0 Å². The first-order chi connectivity index (χ1) is 7.56. The van der Waals surface area contributed by atoms with E-state index in [9.17, 15) is 0 Å². The van der Waals surface area contributed by atoms with Crippen LogP contribution in [-0.2, 0) is 4.74 Å². The van der Waals surface area contributed by atoms with Crippen LogP contribution in [-0.4, -0.2) is 37.5 Å². The number of hydrogen-bond donors (Lipinski definition) is 2. The molecule has 0 radical (unpaired) electrons. The lowest BCUT2D eigenvalue weighted by Crippen LogP contribution is -2.32. The molecule has 0 amide bonds. The monoisotopic (exact) mass is 264 g/mol. The van der Waals surface area contributed by atoms with Crippen molar-refractivity contribution < 1.29 is 19.5 Å². The van der Waals surface area contributed by atoms with Crippen LogP contribution in [0.5, 0.6) is 5.75 Å². The molecule has 1 aromatic rings. The van der Waals surface area contributed by atoms with Crippen LogP contribution < -0.4 is 10.2 Å². The molecule has 0 saturated heterocycles. The van der Waals surface area contributed by atoms with Gasteiger partial charge in [-0.25, -0.2) is 0 Å². The van der Waals surface area contributed by atoms with Crippen LogP contribution in [0.25, 0.3) is 0 Å². The van der Waals surface area contributed by atoms with E-state index in [2.05, 4.69) is 0 Å². The van der Waals surface area contributed by atoms with Crippen molar-refractivity contribution in [2.45, 2.75) is 0 Å². The van der Waals surface area contributed by atoms with Crippen LogP contribution in [0, 0.1) is 0 Å². The van der Waals surface area contributed by atoms with Gasteiger partial charge in [0.15, 0.2) is 0 Å². The average Bonchev–Trinajstić information content (AvgIpc) is 2.23. The molecule has 0 spiro atoms. The van der Waals surface area contributed by atoms with Gasteiger partial charge < -0.3 is 19.5 Å². The summed E-state index contributed by atoms with van der Waals surface area (Å²) in [7, 11) is -0.118. The third-order valence-corrected chi connectivity index (χ3v) is 2.60. The van der Waals surface area contributed by atoms with Crippen LogP contribution >= 0.6 is 23.2 Å². The molecule has 0 aliphatic carbocycles. The van der Waals surface area contributed by atoms with Gasteiger partial charge in [0.1, 0.15) is 12.4 Å². The van der Waals surface area contributed by atoms with E-state index in [1.54, 1.807) is 7.11 Å². The fraction of sp³-hybridized carbons (Fsp3) is 0.333. The number of halogens is 2. The Bertz CT molecular complexity index is 360. The summed E-state index contributed by atoms with van der Waals surface area (Å²) in [6.45, 7) is 0.676. The Hall–Kier alpha value is -0.455. The fourth-order valence-electron chi connectivity index (χ4n) is 1.11. The minimum Gasteiger partial charge on any atom is -0.491 e. The van der Waals surface area contributed by atoms with Crippen molar-refractivity contribution in [2.75, 3.05) is 20.3 Å². The SMILES string of the molecule is COCCOc1cc(Cl)c(Cl)cc1B(O)O. The van der Waals surface area contributed by atoms with E-state index in [0.29, 0.717) is 11.6 Å². The summed E-state index contributed by atoms with van der Waals surface area (Å²) in [5.74, 6) is 0.279. The van der Waals surface area contributed by atoms with E-state index in [1.165, 1.54) is 12.1 Å². The topological polar surface area (TPSA) is 58.9 Å². The van der Waals surface area contributed by atoms with Gasteiger partial charge in [0.05, 0.1) is 16.7 Å². The molecule has 88 valence electrons. The number of ether oxygens (including phenoxy) is 2. The first-order valence-corrected chi connectivity index (χ1v) is 5.28. The van der Waals surface area contributed by atoms with E-state index in [0.717, 1.165) is 0 Å². The zero-order valence-electron chi connectivity index (χ0n) is 8.61. The lowest BCUT2D eigenvalue weighted by molar-refractivity contribution is 0.146. The Balaban J connectivity index is 2.91. The molecule has 0 fully saturated rings. The van der Waals surface area contributed by atoms with Gasteiger partial charge in [0, 0.05) is 12.6 Å². The summed E-state index contributed by atoms with van der Waals surface area (Å²) in [6.07, 6.45) is 0. The minimum absolute atomic E-state index is 0.172. The molecular formula is C9H11BCl2O4. The lowest BCUT2D eigenvalue weighted by Gasteiger charge is -2.12. The molecule has 7 heteroatoms. The van der Waals surface area contributed by atoms with Crippen molar-refractivity contribution in [2.24, 2.45) is 0 Å². The molecule has 0 atom stereocenters. The van der Waals surface area contributed by atoms with E-state index in [1.807, 2.05) is 0 Å². The maximum atomic E-state index is 9.12. The number of benzene rings is 1. The summed E-state index contributed by atoms with van der Waals surface area (Å²) in [6, 6.07) is 2.80. The predicted molar refractivity (Wildman–Crippen MR) is 63.7 cm³/mol. The molecular weight excluding hydrogens is 254 g/mol. The maximum Gasteiger partial charge on any atom is 0.492 e. The van der Waals surface area contributed by atoms with Gasteiger partial charge in [0.2, 0.25) is 0 Å². The molecule has 0 aliphatic heterocycles. The highest BCUT2D eigenvalue weighted by atomic mass is 35.5. The normalized spacial score (nSPS) is 10.3. The van der Waals surface area contributed by atoms with E-state index >= 15 is 0 Å². The summed E-state index contributed by atoms with van der Waals surface area (Å²) in [4.78, 5) is 0. The first kappa shape index (κ1) is 13.6. The smallest absolute Gasteiger partial charge is 0.491 e. The van der Waals surface area contributed by atoms with Crippen LogP contribution in [0.2, 0.25) is 10.0 Å². The van der Waals surface area contributed by atoms with E-state index < -0.39 is 7.12 Å². The van der Waals surface area contributed by atoms with Crippen LogP contribution in [0.4, 0.5) is 0 Å². The highest BCUT2D eigenvalue weighted by Crippen LogP contribution is 2.25. The maximum absolute atomic E-state index is 9.12. The Labute approximate surface area is 104 Å². The molecule has 0 saturated carbocycles. The third-order valence-electron chi connectivity index (χ3n) is 1.88. The van der Waals surface area contributed by atoms with Gasteiger partial charge in [-0.3, -0.25) is 0 Å². The van der Waals surface area contributed by atoms with Gasteiger partial charge in [-0.05, 0) is 12.1 Å². The van der Waals surface area contributed by atoms with Crippen molar-refractivity contribution in [3.8, 4) is 5.75 Å². The van der Waals surface area contributed by atoms with Crippen molar-refractivity contribution in [3.05, 3.63) is 22.2 Å². The lowest BCUT2D eigenvalue weighted by atomic mass is 9.79. The zero-order chi connectivity index (χ0) is 12.1. The predicted octanol–water partition coefficient (Wildman–Crippen LogP) is 0.698. The minimum atomic E-state index is -1.66. The second-order valence-corrected chi connectivity index (χ2v) is 3.83. The molecule has 2 N–H and O–H groups in total. The molecule has 0 aromatic heterocycles. The molecule has 0 unspecified atom stereocenters. The molecule has 4 nitrogen and oxygen atoms in total. The average molecular weight is 265 g/mol. The summed E-state index contributed by atoms with van der Waals surface area (Å²) in [5, 5.41) is 18.8. The molecule has 0 heterocycles. The Morgan fingerprint density at radius 3 is 2.38 bits per heavy atom. The van der Waals surface area contributed by atoms with E-state index in [-0.39, 0.29) is 22.8 Å². The quantitative estimate of drug-likeness (QED) is 0.607. The molecule has 0 aliphatic rings. The van der Waals surface area contributed by atoms with Crippen molar-refractivity contribution >= 4 is 35.8 Å².